The smallest absolute Gasteiger partial charge is 0.253 e. The van der Waals surface area contributed by atoms with Crippen LogP contribution in [0.1, 0.15) is 72.1 Å². The van der Waals surface area contributed by atoms with Gasteiger partial charge in [0.05, 0.1) is 6.04 Å². The summed E-state index contributed by atoms with van der Waals surface area (Å²) in [7, 11) is 0. The number of aryl methyl sites for hydroxylation is 1. The molecule has 0 amide bonds. The molecule has 7 nitrogen and oxygen atoms in total. The zero-order chi connectivity index (χ0) is 25.9. The maximum absolute atomic E-state index is 13.8. The van der Waals surface area contributed by atoms with E-state index in [1.54, 1.807) is 11.3 Å². The zero-order valence-electron chi connectivity index (χ0n) is 21.6. The fourth-order valence-corrected chi connectivity index (χ4v) is 6.37. The Labute approximate surface area is 226 Å². The lowest BCUT2D eigenvalue weighted by atomic mass is 10.0. The van der Waals surface area contributed by atoms with Gasteiger partial charge in [0, 0.05) is 29.0 Å². The number of fused-ring (bicyclic) bond motifs is 1. The number of nitrogens with zero attached hydrogens (tertiary/aromatic N) is 5. The lowest BCUT2D eigenvalue weighted by molar-refractivity contribution is 0.192. The van der Waals surface area contributed by atoms with Gasteiger partial charge in [0.1, 0.15) is 6.04 Å². The van der Waals surface area contributed by atoms with Crippen LogP contribution in [0.3, 0.4) is 0 Å². The Bertz CT molecular complexity index is 1550. The molecule has 6 rings (SSSR count). The largest absolute Gasteiger partial charge is 0.322 e. The van der Waals surface area contributed by atoms with E-state index in [1.165, 1.54) is 28.8 Å². The average molecular weight is 525 g/mol. The summed E-state index contributed by atoms with van der Waals surface area (Å²) in [5, 5.41) is 16.3. The molecule has 0 aliphatic heterocycles. The summed E-state index contributed by atoms with van der Waals surface area (Å²) in [5.74, 6) is 0.737. The molecule has 0 radical (unpaired) electrons. The molecule has 194 valence electrons. The van der Waals surface area contributed by atoms with E-state index in [0.717, 1.165) is 36.0 Å². The fraction of sp³-hybridized carbons (Fsp3) is 0.333. The van der Waals surface area contributed by atoms with Gasteiger partial charge in [-0.05, 0) is 75.8 Å². The van der Waals surface area contributed by atoms with Gasteiger partial charge < -0.3 is 4.98 Å². The lowest BCUT2D eigenvalue weighted by Gasteiger charge is -2.31. The monoisotopic (exact) mass is 524 g/mol. The Morgan fingerprint density at radius 2 is 1.87 bits per heavy atom. The van der Waals surface area contributed by atoms with Crippen LogP contribution in [0.4, 0.5) is 0 Å². The van der Waals surface area contributed by atoms with Crippen LogP contribution in [0.5, 0.6) is 0 Å². The molecule has 1 unspecified atom stereocenters. The highest BCUT2D eigenvalue weighted by atomic mass is 32.1. The van der Waals surface area contributed by atoms with Crippen molar-refractivity contribution < 1.29 is 0 Å². The maximum Gasteiger partial charge on any atom is 0.253 e. The summed E-state index contributed by atoms with van der Waals surface area (Å²) in [6, 6.07) is 22.8. The first-order chi connectivity index (χ1) is 18.7. The quantitative estimate of drug-likeness (QED) is 0.254. The molecule has 1 saturated carbocycles. The van der Waals surface area contributed by atoms with Crippen LogP contribution < -0.4 is 5.56 Å². The first-order valence-electron chi connectivity index (χ1n) is 13.4. The molecule has 1 fully saturated rings. The molecule has 0 bridgehead atoms. The Morgan fingerprint density at radius 1 is 1.03 bits per heavy atom. The molecule has 3 aromatic heterocycles. The number of thiophene rings is 1. The van der Waals surface area contributed by atoms with Crippen molar-refractivity contribution in [1.82, 2.24) is 30.1 Å². The van der Waals surface area contributed by atoms with E-state index in [-0.39, 0.29) is 11.6 Å². The van der Waals surface area contributed by atoms with Gasteiger partial charge in [-0.3, -0.25) is 9.69 Å². The Balaban J connectivity index is 1.53. The normalized spacial score (nSPS) is 15.0. The molecular formula is C30H32N6OS. The second kappa shape index (κ2) is 11.0. The Hall–Kier alpha value is -3.62. The summed E-state index contributed by atoms with van der Waals surface area (Å²) in [6.45, 7) is 3.49. The molecule has 8 heteroatoms. The average Bonchev–Trinajstić information content (AvgIpc) is 3.73. The highest BCUT2D eigenvalue weighted by Gasteiger charge is 2.33. The van der Waals surface area contributed by atoms with Gasteiger partial charge in [-0.2, -0.15) is 0 Å². The molecule has 1 aliphatic carbocycles. The molecule has 0 saturated heterocycles. The van der Waals surface area contributed by atoms with Crippen molar-refractivity contribution in [3.05, 3.63) is 110 Å². The molecule has 1 N–H and O–H groups in total. The van der Waals surface area contributed by atoms with Crippen molar-refractivity contribution in [3.63, 3.8) is 0 Å². The van der Waals surface area contributed by atoms with Gasteiger partial charge in [0.15, 0.2) is 5.82 Å². The molecule has 0 spiro atoms. The molecule has 38 heavy (non-hydrogen) atoms. The number of H-pyrrole nitrogens is 1. The SMILES string of the molecule is CCc1ccc2[nH]c(=O)c(C(c3nnnn3C3CCCC3)N(Cc3ccccc3)Cc3cccs3)cc2c1. The molecule has 3 heterocycles. The Morgan fingerprint density at radius 3 is 2.63 bits per heavy atom. The van der Waals surface area contributed by atoms with Gasteiger partial charge >= 0.3 is 0 Å². The van der Waals surface area contributed by atoms with Crippen LogP contribution >= 0.6 is 11.3 Å². The van der Waals surface area contributed by atoms with E-state index >= 15 is 0 Å². The van der Waals surface area contributed by atoms with Crippen molar-refractivity contribution in [2.24, 2.45) is 0 Å². The third-order valence-corrected chi connectivity index (χ3v) is 8.47. The van der Waals surface area contributed by atoms with Gasteiger partial charge in [-0.15, -0.1) is 16.4 Å². The lowest BCUT2D eigenvalue weighted by Crippen LogP contribution is -2.35. The van der Waals surface area contributed by atoms with Gasteiger partial charge in [0.2, 0.25) is 0 Å². The summed E-state index contributed by atoms with van der Waals surface area (Å²) in [6.07, 6.45) is 5.40. The molecular weight excluding hydrogens is 492 g/mol. The van der Waals surface area contributed by atoms with E-state index in [0.29, 0.717) is 18.7 Å². The van der Waals surface area contributed by atoms with Crippen LogP contribution in [0.15, 0.2) is 76.9 Å². The fourth-order valence-electron chi connectivity index (χ4n) is 5.64. The number of pyridine rings is 1. The van der Waals surface area contributed by atoms with Crippen LogP contribution in [0, 0.1) is 0 Å². The van der Waals surface area contributed by atoms with Crippen LogP contribution in [0.25, 0.3) is 10.9 Å². The van der Waals surface area contributed by atoms with Crippen molar-refractivity contribution in [2.45, 2.75) is 64.2 Å². The standard InChI is InChI=1S/C30H32N6OS/c1-2-21-14-15-27-23(17-21)18-26(30(37)31-27)28(29-32-33-34-36(29)24-11-6-7-12-24)35(20-25-13-8-16-38-25)19-22-9-4-3-5-10-22/h3-5,8-10,13-18,24,28H,2,6-7,11-12,19-20H2,1H3,(H,31,37). The summed E-state index contributed by atoms with van der Waals surface area (Å²) in [4.78, 5) is 20.5. The zero-order valence-corrected chi connectivity index (χ0v) is 22.4. The van der Waals surface area contributed by atoms with E-state index in [9.17, 15) is 4.79 Å². The first-order valence-corrected chi connectivity index (χ1v) is 14.3. The minimum Gasteiger partial charge on any atom is -0.322 e. The molecule has 5 aromatic rings. The number of hydrogen-bond acceptors (Lipinski definition) is 6. The van der Waals surface area contributed by atoms with Gasteiger partial charge in [-0.25, -0.2) is 4.68 Å². The molecule has 1 aliphatic rings. The molecule has 2 aromatic carbocycles. The predicted octanol–water partition coefficient (Wildman–Crippen LogP) is 6.05. The highest BCUT2D eigenvalue weighted by Crippen LogP contribution is 2.35. The summed E-state index contributed by atoms with van der Waals surface area (Å²) < 4.78 is 2.00. The third kappa shape index (κ3) is 5.06. The minimum atomic E-state index is -0.411. The van der Waals surface area contributed by atoms with Crippen LogP contribution in [0.2, 0.25) is 0 Å². The van der Waals surface area contributed by atoms with Crippen molar-refractivity contribution >= 4 is 22.2 Å². The summed E-state index contributed by atoms with van der Waals surface area (Å²) >= 11 is 1.73. The van der Waals surface area contributed by atoms with E-state index in [2.05, 4.69) is 92.3 Å². The van der Waals surface area contributed by atoms with E-state index in [1.807, 2.05) is 16.8 Å². The number of rotatable bonds is 9. The van der Waals surface area contributed by atoms with Gasteiger partial charge in [0.25, 0.3) is 5.56 Å². The van der Waals surface area contributed by atoms with E-state index in [4.69, 9.17) is 0 Å². The Kier molecular flexibility index (Phi) is 7.16. The topological polar surface area (TPSA) is 79.7 Å². The second-order valence-electron chi connectivity index (χ2n) is 10.1. The van der Waals surface area contributed by atoms with Crippen molar-refractivity contribution in [2.75, 3.05) is 0 Å². The third-order valence-electron chi connectivity index (χ3n) is 7.61. The maximum atomic E-state index is 13.8. The van der Waals surface area contributed by atoms with E-state index < -0.39 is 6.04 Å². The molecule has 1 atom stereocenters. The number of nitrogens with one attached hydrogen (secondary N) is 1. The van der Waals surface area contributed by atoms with Crippen LogP contribution in [-0.4, -0.2) is 30.1 Å². The number of aromatic nitrogens is 5. The van der Waals surface area contributed by atoms with Crippen molar-refractivity contribution in [1.29, 1.82) is 0 Å². The number of tetrazole rings is 1. The number of hydrogen-bond donors (Lipinski definition) is 1. The van der Waals surface area contributed by atoms with Gasteiger partial charge in [-0.1, -0.05) is 62.2 Å². The van der Waals surface area contributed by atoms with Crippen molar-refractivity contribution in [3.8, 4) is 0 Å². The number of benzene rings is 2. The number of aromatic amines is 1. The van der Waals surface area contributed by atoms with Crippen LogP contribution in [-0.2, 0) is 19.5 Å². The second-order valence-corrected chi connectivity index (χ2v) is 11.2. The first kappa shape index (κ1) is 24.7. The minimum absolute atomic E-state index is 0.100. The highest BCUT2D eigenvalue weighted by molar-refractivity contribution is 7.09. The summed E-state index contributed by atoms with van der Waals surface area (Å²) in [5.41, 5.74) is 3.84. The predicted molar refractivity (Wildman–Crippen MR) is 151 cm³/mol.